The second kappa shape index (κ2) is 6.14. The lowest BCUT2D eigenvalue weighted by Gasteiger charge is -2.13. The van der Waals surface area contributed by atoms with Gasteiger partial charge < -0.3 is 5.32 Å². The smallest absolute Gasteiger partial charge is 0.244 e. The van der Waals surface area contributed by atoms with Gasteiger partial charge in [0, 0.05) is 30.4 Å². The van der Waals surface area contributed by atoms with E-state index in [4.69, 9.17) is 0 Å². The van der Waals surface area contributed by atoms with Crippen molar-refractivity contribution in [2.75, 3.05) is 0 Å². The number of aromatic nitrogens is 2. The molecule has 0 saturated carbocycles. The molecule has 1 aromatic heterocycles. The zero-order valence-corrected chi connectivity index (χ0v) is 11.4. The molecule has 0 spiro atoms. The molecule has 1 atom stereocenters. The second-order valence-electron chi connectivity index (χ2n) is 4.53. The number of carbonyl (C=O) groups is 1. The Morgan fingerprint density at radius 3 is 2.85 bits per heavy atom. The first-order valence-electron chi connectivity index (χ1n) is 6.28. The molecule has 1 amide bonds. The fourth-order valence-electron chi connectivity index (χ4n) is 1.86. The van der Waals surface area contributed by atoms with Crippen LogP contribution in [0, 0.1) is 5.82 Å². The van der Waals surface area contributed by atoms with E-state index >= 15 is 0 Å². The van der Waals surface area contributed by atoms with Gasteiger partial charge in [0.15, 0.2) is 0 Å². The van der Waals surface area contributed by atoms with Crippen LogP contribution >= 0.6 is 0 Å². The summed E-state index contributed by atoms with van der Waals surface area (Å²) in [6, 6.07) is 6.01. The Hall–Kier alpha value is -2.43. The number of nitrogens with one attached hydrogen (secondary N) is 1. The summed E-state index contributed by atoms with van der Waals surface area (Å²) in [5, 5.41) is 6.72. The van der Waals surface area contributed by atoms with Gasteiger partial charge in [0.2, 0.25) is 5.91 Å². The van der Waals surface area contributed by atoms with E-state index in [0.717, 1.165) is 5.56 Å². The minimum Gasteiger partial charge on any atom is -0.346 e. The fourth-order valence-corrected chi connectivity index (χ4v) is 1.86. The van der Waals surface area contributed by atoms with Gasteiger partial charge in [-0.05, 0) is 19.1 Å². The Morgan fingerprint density at radius 1 is 1.45 bits per heavy atom. The molecule has 2 aromatic rings. The number of halogens is 1. The lowest BCUT2D eigenvalue weighted by molar-refractivity contribution is -0.117. The third-order valence-corrected chi connectivity index (χ3v) is 2.88. The number of benzene rings is 1. The van der Waals surface area contributed by atoms with Crippen LogP contribution in [0.1, 0.15) is 24.1 Å². The number of hydrogen-bond donors (Lipinski definition) is 1. The van der Waals surface area contributed by atoms with Crippen LogP contribution in [0.2, 0.25) is 0 Å². The quantitative estimate of drug-likeness (QED) is 0.870. The monoisotopic (exact) mass is 273 g/mol. The van der Waals surface area contributed by atoms with Gasteiger partial charge in [0.05, 0.1) is 12.2 Å². The number of amides is 1. The van der Waals surface area contributed by atoms with E-state index in [9.17, 15) is 9.18 Å². The molecule has 0 saturated heterocycles. The van der Waals surface area contributed by atoms with Crippen LogP contribution in [0.15, 0.2) is 42.7 Å². The van der Waals surface area contributed by atoms with E-state index in [1.165, 1.54) is 12.1 Å². The topological polar surface area (TPSA) is 46.9 Å². The van der Waals surface area contributed by atoms with Crippen LogP contribution in [0.3, 0.4) is 0 Å². The summed E-state index contributed by atoms with van der Waals surface area (Å²) in [6.07, 6.45) is 6.53. The maximum Gasteiger partial charge on any atom is 0.244 e. The second-order valence-corrected chi connectivity index (χ2v) is 4.53. The molecule has 0 bridgehead atoms. The highest BCUT2D eigenvalue weighted by Gasteiger charge is 2.11. The van der Waals surface area contributed by atoms with Gasteiger partial charge in [-0.2, -0.15) is 5.10 Å². The van der Waals surface area contributed by atoms with E-state index in [0.29, 0.717) is 5.56 Å². The maximum atomic E-state index is 13.6. The highest BCUT2D eigenvalue weighted by atomic mass is 19.1. The molecule has 1 aromatic carbocycles. The molecule has 0 aliphatic heterocycles. The molecule has 0 aliphatic carbocycles. The number of aryl methyl sites for hydroxylation is 1. The van der Waals surface area contributed by atoms with Crippen LogP contribution in [0.5, 0.6) is 0 Å². The molecule has 104 valence electrons. The van der Waals surface area contributed by atoms with Crippen molar-refractivity contribution < 1.29 is 9.18 Å². The maximum absolute atomic E-state index is 13.6. The lowest BCUT2D eigenvalue weighted by Crippen LogP contribution is -2.25. The average Bonchev–Trinajstić information content (AvgIpc) is 2.82. The number of hydrogen-bond acceptors (Lipinski definition) is 2. The summed E-state index contributed by atoms with van der Waals surface area (Å²) < 4.78 is 15.2. The molecule has 5 heteroatoms. The van der Waals surface area contributed by atoms with Crippen molar-refractivity contribution in [3.63, 3.8) is 0 Å². The summed E-state index contributed by atoms with van der Waals surface area (Å²) in [6.45, 7) is 1.74. The first-order chi connectivity index (χ1) is 9.56. The van der Waals surface area contributed by atoms with E-state index in [1.54, 1.807) is 55.3 Å². The highest BCUT2D eigenvalue weighted by molar-refractivity contribution is 5.91. The summed E-state index contributed by atoms with van der Waals surface area (Å²) in [5.41, 5.74) is 1.30. The van der Waals surface area contributed by atoms with E-state index in [1.807, 2.05) is 0 Å². The Labute approximate surface area is 116 Å². The molecule has 1 N–H and O–H groups in total. The van der Waals surface area contributed by atoms with Crippen LogP contribution in [0.4, 0.5) is 4.39 Å². The minimum atomic E-state index is -0.387. The Bertz CT molecular complexity index is 634. The van der Waals surface area contributed by atoms with Gasteiger partial charge in [-0.1, -0.05) is 18.2 Å². The number of nitrogens with zero attached hydrogens (tertiary/aromatic N) is 2. The molecule has 0 fully saturated rings. The molecule has 0 aliphatic rings. The first-order valence-corrected chi connectivity index (χ1v) is 6.28. The SMILES string of the molecule is C[C@@H](NC(=O)/C=C/c1cnn(C)c1)c1ccccc1F. The molecule has 1 heterocycles. The largest absolute Gasteiger partial charge is 0.346 e. The van der Waals surface area contributed by atoms with Gasteiger partial charge in [0.25, 0.3) is 0 Å². The Balaban J connectivity index is 1.98. The van der Waals surface area contributed by atoms with Crippen molar-refractivity contribution >= 4 is 12.0 Å². The van der Waals surface area contributed by atoms with Crippen molar-refractivity contribution in [1.82, 2.24) is 15.1 Å². The fraction of sp³-hybridized carbons (Fsp3) is 0.200. The zero-order valence-electron chi connectivity index (χ0n) is 11.4. The Kier molecular flexibility index (Phi) is 4.30. The van der Waals surface area contributed by atoms with Gasteiger partial charge in [0.1, 0.15) is 5.82 Å². The summed E-state index contributed by atoms with van der Waals surface area (Å²) in [5.74, 6) is -0.596. The highest BCUT2D eigenvalue weighted by Crippen LogP contribution is 2.15. The van der Waals surface area contributed by atoms with E-state index in [-0.39, 0.29) is 17.8 Å². The van der Waals surface area contributed by atoms with Crippen molar-refractivity contribution in [3.05, 3.63) is 59.7 Å². The van der Waals surface area contributed by atoms with Crippen molar-refractivity contribution in [3.8, 4) is 0 Å². The summed E-state index contributed by atoms with van der Waals surface area (Å²) in [7, 11) is 1.80. The van der Waals surface area contributed by atoms with Crippen LogP contribution < -0.4 is 5.32 Å². The predicted octanol–water partition coefficient (Wildman–Crippen LogP) is 2.45. The third-order valence-electron chi connectivity index (χ3n) is 2.88. The molecule has 20 heavy (non-hydrogen) atoms. The van der Waals surface area contributed by atoms with Crippen molar-refractivity contribution in [2.24, 2.45) is 7.05 Å². The van der Waals surface area contributed by atoms with Gasteiger partial charge in [-0.25, -0.2) is 4.39 Å². The van der Waals surface area contributed by atoms with Gasteiger partial charge >= 0.3 is 0 Å². The molecule has 2 rings (SSSR count). The zero-order chi connectivity index (χ0) is 14.5. The number of rotatable bonds is 4. The van der Waals surface area contributed by atoms with Crippen molar-refractivity contribution in [1.29, 1.82) is 0 Å². The average molecular weight is 273 g/mol. The van der Waals surface area contributed by atoms with Crippen LogP contribution in [0.25, 0.3) is 6.08 Å². The van der Waals surface area contributed by atoms with Crippen LogP contribution in [-0.2, 0) is 11.8 Å². The Morgan fingerprint density at radius 2 is 2.20 bits per heavy atom. The normalized spacial score (nSPS) is 12.6. The van der Waals surface area contributed by atoms with Crippen molar-refractivity contribution in [2.45, 2.75) is 13.0 Å². The standard InChI is InChI=1S/C15H16FN3O/c1-11(13-5-3-4-6-14(13)16)18-15(20)8-7-12-9-17-19(2)10-12/h3-11H,1-2H3,(H,18,20)/b8-7+/t11-/m1/s1. The van der Waals surface area contributed by atoms with Crippen LogP contribution in [-0.4, -0.2) is 15.7 Å². The van der Waals surface area contributed by atoms with Gasteiger partial charge in [-0.15, -0.1) is 0 Å². The summed E-state index contributed by atoms with van der Waals surface area (Å²) >= 11 is 0. The van der Waals surface area contributed by atoms with Gasteiger partial charge in [-0.3, -0.25) is 9.48 Å². The number of carbonyl (C=O) groups excluding carboxylic acids is 1. The summed E-state index contributed by atoms with van der Waals surface area (Å²) in [4.78, 5) is 11.8. The molecule has 4 nitrogen and oxygen atoms in total. The molecular formula is C15H16FN3O. The van der Waals surface area contributed by atoms with E-state index < -0.39 is 0 Å². The molecular weight excluding hydrogens is 257 g/mol. The first kappa shape index (κ1) is 14.0. The lowest BCUT2D eigenvalue weighted by atomic mass is 10.1. The minimum absolute atomic E-state index is 0.274. The molecule has 0 radical (unpaired) electrons. The van der Waals surface area contributed by atoms with E-state index in [2.05, 4.69) is 10.4 Å². The third kappa shape index (κ3) is 3.54. The molecule has 0 unspecified atom stereocenters. The predicted molar refractivity (Wildman–Crippen MR) is 75.2 cm³/mol.